The quantitative estimate of drug-likeness (QED) is 0.755. The number of hydrogen-bond acceptors (Lipinski definition) is 2. The first-order valence-electron chi connectivity index (χ1n) is 6.06. The van der Waals surface area contributed by atoms with Crippen LogP contribution in [0.2, 0.25) is 5.02 Å². The van der Waals surface area contributed by atoms with E-state index in [1.165, 1.54) is 5.56 Å². The van der Waals surface area contributed by atoms with E-state index >= 15 is 0 Å². The van der Waals surface area contributed by atoms with Crippen LogP contribution in [0.15, 0.2) is 24.3 Å². The van der Waals surface area contributed by atoms with Crippen LogP contribution in [0.1, 0.15) is 18.9 Å². The van der Waals surface area contributed by atoms with E-state index in [1.807, 2.05) is 25.1 Å². The molecule has 3 nitrogen and oxygen atoms in total. The van der Waals surface area contributed by atoms with Gasteiger partial charge in [-0.1, -0.05) is 30.7 Å². The number of thioether (sulfide) groups is 1. The zero-order chi connectivity index (χ0) is 13.2. The molecular weight excluding hydrogens is 268 g/mol. The van der Waals surface area contributed by atoms with Gasteiger partial charge in [0, 0.05) is 29.6 Å². The number of amides is 2. The molecule has 1 aromatic carbocycles. The second kappa shape index (κ2) is 9.11. The van der Waals surface area contributed by atoms with Gasteiger partial charge in [-0.3, -0.25) is 0 Å². The number of carbonyl (C=O) groups excluding carboxylic acids is 1. The summed E-state index contributed by atoms with van der Waals surface area (Å²) in [7, 11) is 0. The zero-order valence-corrected chi connectivity index (χ0v) is 12.1. The summed E-state index contributed by atoms with van der Waals surface area (Å²) in [5, 5.41) is 6.36. The van der Waals surface area contributed by atoms with Crippen molar-refractivity contribution in [3.63, 3.8) is 0 Å². The van der Waals surface area contributed by atoms with E-state index in [0.29, 0.717) is 6.54 Å². The van der Waals surface area contributed by atoms with E-state index in [1.54, 1.807) is 11.8 Å². The maximum absolute atomic E-state index is 11.2. The Morgan fingerprint density at radius 1 is 1.33 bits per heavy atom. The summed E-state index contributed by atoms with van der Waals surface area (Å²) in [5.41, 5.74) is 1.21. The third kappa shape index (κ3) is 6.77. The van der Waals surface area contributed by atoms with E-state index in [0.717, 1.165) is 29.5 Å². The van der Waals surface area contributed by atoms with Crippen LogP contribution in [0.25, 0.3) is 0 Å². The van der Waals surface area contributed by atoms with Gasteiger partial charge >= 0.3 is 6.03 Å². The summed E-state index contributed by atoms with van der Waals surface area (Å²) in [6, 6.07) is 7.76. The van der Waals surface area contributed by atoms with Crippen LogP contribution in [-0.2, 0) is 5.75 Å². The molecule has 0 aromatic heterocycles. The molecular formula is C13H19ClN2OS. The van der Waals surface area contributed by atoms with Crippen molar-refractivity contribution in [1.29, 1.82) is 0 Å². The molecule has 18 heavy (non-hydrogen) atoms. The Kier molecular flexibility index (Phi) is 7.69. The van der Waals surface area contributed by atoms with E-state index in [4.69, 9.17) is 11.6 Å². The van der Waals surface area contributed by atoms with Crippen LogP contribution >= 0.6 is 23.4 Å². The van der Waals surface area contributed by atoms with Crippen molar-refractivity contribution < 1.29 is 4.79 Å². The second-order valence-electron chi connectivity index (χ2n) is 3.87. The van der Waals surface area contributed by atoms with Crippen molar-refractivity contribution in [2.75, 3.05) is 18.8 Å². The number of halogens is 1. The Bertz CT molecular complexity index is 374. The number of rotatable bonds is 7. The molecule has 0 aliphatic carbocycles. The molecule has 1 rings (SSSR count). The van der Waals surface area contributed by atoms with Gasteiger partial charge < -0.3 is 10.6 Å². The maximum Gasteiger partial charge on any atom is 0.314 e. The third-order valence-corrected chi connectivity index (χ3v) is 3.49. The Balaban J connectivity index is 2.07. The third-order valence-electron chi connectivity index (χ3n) is 2.23. The van der Waals surface area contributed by atoms with Gasteiger partial charge in [-0.15, -0.1) is 0 Å². The fraction of sp³-hybridized carbons (Fsp3) is 0.462. The molecule has 1 aromatic rings. The van der Waals surface area contributed by atoms with Gasteiger partial charge in [0.1, 0.15) is 0 Å². The number of urea groups is 1. The molecule has 0 spiro atoms. The average molecular weight is 287 g/mol. The minimum atomic E-state index is -0.0831. The van der Waals surface area contributed by atoms with E-state index in [2.05, 4.69) is 16.7 Å². The van der Waals surface area contributed by atoms with E-state index < -0.39 is 0 Å². The summed E-state index contributed by atoms with van der Waals surface area (Å²) >= 11 is 7.68. The second-order valence-corrected chi connectivity index (χ2v) is 5.41. The molecule has 2 amide bonds. The van der Waals surface area contributed by atoms with Crippen LogP contribution in [0.5, 0.6) is 0 Å². The van der Waals surface area contributed by atoms with Gasteiger partial charge in [0.15, 0.2) is 0 Å². The largest absolute Gasteiger partial charge is 0.338 e. The van der Waals surface area contributed by atoms with Crippen molar-refractivity contribution in [3.8, 4) is 0 Å². The molecule has 2 N–H and O–H groups in total. The van der Waals surface area contributed by atoms with Crippen LogP contribution < -0.4 is 10.6 Å². The summed E-state index contributed by atoms with van der Waals surface area (Å²) in [6.07, 6.45) is 0.955. The molecule has 5 heteroatoms. The zero-order valence-electron chi connectivity index (χ0n) is 10.5. The Labute approximate surface area is 118 Å². The highest BCUT2D eigenvalue weighted by atomic mass is 35.5. The summed E-state index contributed by atoms with van der Waals surface area (Å²) in [6.45, 7) is 3.43. The molecule has 0 saturated heterocycles. The minimum absolute atomic E-state index is 0.0831. The number of nitrogens with one attached hydrogen (secondary N) is 2. The monoisotopic (exact) mass is 286 g/mol. The Hall–Kier alpha value is -0.870. The molecule has 0 radical (unpaired) electrons. The molecule has 0 bridgehead atoms. The van der Waals surface area contributed by atoms with Gasteiger partial charge in [0.2, 0.25) is 0 Å². The summed E-state index contributed by atoms with van der Waals surface area (Å²) in [5.74, 6) is 1.81. The minimum Gasteiger partial charge on any atom is -0.338 e. The number of hydrogen-bond donors (Lipinski definition) is 2. The lowest BCUT2D eigenvalue weighted by Gasteiger charge is -2.06. The normalized spacial score (nSPS) is 10.1. The predicted octanol–water partition coefficient (Wildman–Crippen LogP) is 3.28. The molecule has 0 heterocycles. The lowest BCUT2D eigenvalue weighted by atomic mass is 10.2. The molecule has 0 saturated carbocycles. The SMILES string of the molecule is CCCNC(=O)NCCSCc1cccc(Cl)c1. The fourth-order valence-electron chi connectivity index (χ4n) is 1.35. The Morgan fingerprint density at radius 3 is 2.83 bits per heavy atom. The van der Waals surface area contributed by atoms with Gasteiger partial charge in [0.05, 0.1) is 0 Å². The topological polar surface area (TPSA) is 41.1 Å². The van der Waals surface area contributed by atoms with Gasteiger partial charge in [-0.25, -0.2) is 4.79 Å². The van der Waals surface area contributed by atoms with Gasteiger partial charge in [-0.2, -0.15) is 11.8 Å². The predicted molar refractivity (Wildman–Crippen MR) is 79.3 cm³/mol. The Morgan fingerprint density at radius 2 is 2.11 bits per heavy atom. The van der Waals surface area contributed by atoms with Crippen LogP contribution in [0.4, 0.5) is 4.79 Å². The van der Waals surface area contributed by atoms with Gasteiger partial charge in [-0.05, 0) is 24.1 Å². The number of carbonyl (C=O) groups is 1. The first kappa shape index (κ1) is 15.2. The first-order valence-corrected chi connectivity index (χ1v) is 7.59. The molecule has 100 valence electrons. The highest BCUT2D eigenvalue weighted by molar-refractivity contribution is 7.98. The van der Waals surface area contributed by atoms with E-state index in [-0.39, 0.29) is 6.03 Å². The summed E-state index contributed by atoms with van der Waals surface area (Å²) < 4.78 is 0. The highest BCUT2D eigenvalue weighted by Crippen LogP contribution is 2.15. The molecule has 0 aliphatic rings. The van der Waals surface area contributed by atoms with Crippen molar-refractivity contribution in [2.24, 2.45) is 0 Å². The lowest BCUT2D eigenvalue weighted by Crippen LogP contribution is -2.36. The van der Waals surface area contributed by atoms with Crippen LogP contribution in [-0.4, -0.2) is 24.9 Å². The van der Waals surface area contributed by atoms with Crippen LogP contribution in [0.3, 0.4) is 0 Å². The standard InChI is InChI=1S/C13H19ClN2OS/c1-2-6-15-13(17)16-7-8-18-10-11-4-3-5-12(14)9-11/h3-5,9H,2,6-8,10H2,1H3,(H2,15,16,17). The molecule has 0 fully saturated rings. The van der Waals surface area contributed by atoms with Crippen LogP contribution in [0, 0.1) is 0 Å². The maximum atomic E-state index is 11.2. The smallest absolute Gasteiger partial charge is 0.314 e. The van der Waals surface area contributed by atoms with Crippen molar-refractivity contribution >= 4 is 29.4 Å². The lowest BCUT2D eigenvalue weighted by molar-refractivity contribution is 0.241. The van der Waals surface area contributed by atoms with Crippen molar-refractivity contribution in [2.45, 2.75) is 19.1 Å². The average Bonchev–Trinajstić information content (AvgIpc) is 2.36. The van der Waals surface area contributed by atoms with Gasteiger partial charge in [0.25, 0.3) is 0 Å². The summed E-state index contributed by atoms with van der Waals surface area (Å²) in [4.78, 5) is 11.2. The van der Waals surface area contributed by atoms with Crippen molar-refractivity contribution in [3.05, 3.63) is 34.9 Å². The highest BCUT2D eigenvalue weighted by Gasteiger charge is 1.98. The van der Waals surface area contributed by atoms with E-state index in [9.17, 15) is 4.79 Å². The van der Waals surface area contributed by atoms with Crippen molar-refractivity contribution in [1.82, 2.24) is 10.6 Å². The molecule has 0 unspecified atom stereocenters. The molecule has 0 aliphatic heterocycles. The fourth-order valence-corrected chi connectivity index (χ4v) is 2.37. The first-order chi connectivity index (χ1) is 8.72. The number of benzene rings is 1. The molecule has 0 atom stereocenters.